The summed E-state index contributed by atoms with van der Waals surface area (Å²) in [5, 5.41) is 0. The number of ether oxygens (including phenoxy) is 2. The Morgan fingerprint density at radius 3 is 1.00 bits per heavy atom. The molecule has 0 N–H and O–H groups in total. The van der Waals surface area contributed by atoms with Gasteiger partial charge in [0.15, 0.2) is 0 Å². The van der Waals surface area contributed by atoms with E-state index < -0.39 is 0 Å². The first-order valence-electron chi connectivity index (χ1n) is 26.9. The summed E-state index contributed by atoms with van der Waals surface area (Å²) in [6, 6.07) is 58.9. The normalized spacial score (nSPS) is 17.2. The molecule has 0 bridgehead atoms. The lowest BCUT2D eigenvalue weighted by molar-refractivity contribution is -0.133. The molecule has 78 heavy (non-hydrogen) atoms. The standard InChI is InChI=1S/C34H45B2NO4.C18H12Br3N.C12H15BrO2/c1-10-11-12-25-13-19-28(20-14-25)37(29-21-15-26(16-22-29)35-38-31(2,3)32(4,5)39-35)30-23-17-27(18-24-30)36-40-33(6,7)34(8,9)41-36;19-13-1-7-16(8-2-13)22(17-9-3-14(20)4-10-17)18-11-5-15(21)6-12-18;1-2-12(7-14-8-12)9-15-11-5-3-10(13)4-6-11/h13-24H,10-12H2,1-9H3;1-12H;3-6H,2,7-9H2,1H3. The van der Waals surface area contributed by atoms with Crippen LogP contribution in [0.1, 0.15) is 94.1 Å². The van der Waals surface area contributed by atoms with Crippen LogP contribution in [0.2, 0.25) is 0 Å². The van der Waals surface area contributed by atoms with Gasteiger partial charge in [0.25, 0.3) is 0 Å². The molecule has 0 amide bonds. The Kier molecular flexibility index (Phi) is 19.7. The second-order valence-electron chi connectivity index (χ2n) is 22.3. The first-order valence-corrected chi connectivity index (χ1v) is 30.1. The molecule has 8 nitrogen and oxygen atoms in total. The maximum Gasteiger partial charge on any atom is 0.494 e. The molecule has 0 aromatic heterocycles. The molecule has 0 saturated carbocycles. The minimum absolute atomic E-state index is 0.257. The monoisotopic (exact) mass is 1300 g/mol. The average Bonchev–Trinajstić information content (AvgIpc) is 3.82. The van der Waals surface area contributed by atoms with Crippen molar-refractivity contribution in [3.8, 4) is 5.75 Å². The molecule has 0 spiro atoms. The number of rotatable bonds is 15. The first kappa shape index (κ1) is 59.9. The lowest BCUT2D eigenvalue weighted by atomic mass is 9.79. The molecule has 7 aromatic rings. The van der Waals surface area contributed by atoms with Crippen LogP contribution in [0.4, 0.5) is 34.1 Å². The van der Waals surface area contributed by atoms with Crippen LogP contribution in [0.3, 0.4) is 0 Å². The van der Waals surface area contributed by atoms with E-state index in [-0.39, 0.29) is 42.1 Å². The van der Waals surface area contributed by atoms with Crippen LogP contribution in [0.5, 0.6) is 5.75 Å². The van der Waals surface area contributed by atoms with E-state index in [1.807, 2.05) is 24.3 Å². The van der Waals surface area contributed by atoms with Gasteiger partial charge in [-0.1, -0.05) is 120 Å². The Bertz CT molecular complexity index is 2790. The highest BCUT2D eigenvalue weighted by Crippen LogP contribution is 2.41. The van der Waals surface area contributed by atoms with Gasteiger partial charge >= 0.3 is 14.2 Å². The molecular formula is C64H72B2Br4N2O6. The SMILES string of the molecule is Brc1ccc(N(c2ccc(Br)cc2)c2ccc(Br)cc2)cc1.CCC1(COc2ccc(Br)cc2)COC1.CCCCc1ccc(N(c2ccc(B3OC(C)(C)C(C)(C)O3)cc2)c2ccc(B3OC(C)(C)C(C)(C)O3)cc2)cc1. The summed E-state index contributed by atoms with van der Waals surface area (Å²) >= 11 is 13.9. The fourth-order valence-electron chi connectivity index (χ4n) is 8.92. The van der Waals surface area contributed by atoms with Gasteiger partial charge in [-0.15, -0.1) is 0 Å². The predicted molar refractivity (Wildman–Crippen MR) is 339 cm³/mol. The second-order valence-corrected chi connectivity index (χ2v) is 26.0. The Balaban J connectivity index is 0.000000179. The van der Waals surface area contributed by atoms with Crippen molar-refractivity contribution in [2.75, 3.05) is 29.6 Å². The van der Waals surface area contributed by atoms with Gasteiger partial charge in [-0.05, 0) is 225 Å². The minimum Gasteiger partial charge on any atom is -0.493 e. The fourth-order valence-corrected chi connectivity index (χ4v) is 9.98. The molecule has 7 aromatic carbocycles. The summed E-state index contributed by atoms with van der Waals surface area (Å²) in [5.74, 6) is 0.929. The summed E-state index contributed by atoms with van der Waals surface area (Å²) in [7, 11) is -0.779. The molecule has 0 unspecified atom stereocenters. The Morgan fingerprint density at radius 2 is 0.718 bits per heavy atom. The molecule has 3 fully saturated rings. The number of aryl methyl sites for hydroxylation is 1. The zero-order valence-corrected chi connectivity index (χ0v) is 53.0. The van der Waals surface area contributed by atoms with E-state index in [1.54, 1.807) is 0 Å². The van der Waals surface area contributed by atoms with Crippen molar-refractivity contribution in [3.63, 3.8) is 0 Å². The highest BCUT2D eigenvalue weighted by molar-refractivity contribution is 9.11. The van der Waals surface area contributed by atoms with Crippen LogP contribution in [-0.4, -0.2) is 56.5 Å². The number of hydrogen-bond donors (Lipinski definition) is 0. The summed E-state index contributed by atoms with van der Waals surface area (Å²) < 4.78 is 40.5. The maximum absolute atomic E-state index is 6.30. The van der Waals surface area contributed by atoms with Gasteiger partial charge in [0, 0.05) is 52.0 Å². The van der Waals surface area contributed by atoms with Crippen molar-refractivity contribution in [2.45, 2.75) is 117 Å². The molecule has 10 rings (SSSR count). The maximum atomic E-state index is 6.30. The lowest BCUT2D eigenvalue weighted by Crippen LogP contribution is -2.46. The van der Waals surface area contributed by atoms with Gasteiger partial charge in [-0.25, -0.2) is 0 Å². The highest BCUT2D eigenvalue weighted by atomic mass is 79.9. The van der Waals surface area contributed by atoms with E-state index in [1.165, 1.54) is 18.4 Å². The third-order valence-corrected chi connectivity index (χ3v) is 17.7. The van der Waals surface area contributed by atoms with Gasteiger partial charge < -0.3 is 37.9 Å². The number of anilines is 6. The smallest absolute Gasteiger partial charge is 0.493 e. The average molecular weight is 1310 g/mol. The van der Waals surface area contributed by atoms with E-state index in [2.05, 4.69) is 288 Å². The van der Waals surface area contributed by atoms with Crippen molar-refractivity contribution >= 4 is 123 Å². The van der Waals surface area contributed by atoms with E-state index in [9.17, 15) is 0 Å². The number of nitrogens with zero attached hydrogens (tertiary/aromatic N) is 2. The largest absolute Gasteiger partial charge is 0.494 e. The molecule has 408 valence electrons. The molecule has 3 heterocycles. The van der Waals surface area contributed by atoms with Crippen molar-refractivity contribution in [3.05, 3.63) is 193 Å². The molecular weight excluding hydrogens is 1230 g/mol. The first-order chi connectivity index (χ1) is 37.1. The Hall–Kier alpha value is -4.21. The summed E-state index contributed by atoms with van der Waals surface area (Å²) in [6.07, 6.45) is 4.61. The summed E-state index contributed by atoms with van der Waals surface area (Å²) in [5.41, 5.74) is 8.74. The van der Waals surface area contributed by atoms with Crippen LogP contribution in [-0.2, 0) is 29.8 Å². The zero-order valence-electron chi connectivity index (χ0n) is 46.6. The van der Waals surface area contributed by atoms with E-state index in [0.717, 1.165) is 101 Å². The van der Waals surface area contributed by atoms with Crippen LogP contribution in [0.15, 0.2) is 188 Å². The number of unbranched alkanes of at least 4 members (excludes halogenated alkanes) is 1. The van der Waals surface area contributed by atoms with Crippen molar-refractivity contribution in [1.29, 1.82) is 0 Å². The quantitative estimate of drug-likeness (QED) is 0.0941. The molecule has 3 aliphatic heterocycles. The van der Waals surface area contributed by atoms with E-state index >= 15 is 0 Å². The summed E-state index contributed by atoms with van der Waals surface area (Å²) in [4.78, 5) is 4.51. The van der Waals surface area contributed by atoms with E-state index in [0.29, 0.717) is 0 Å². The van der Waals surface area contributed by atoms with Crippen LogP contribution >= 0.6 is 63.7 Å². The molecule has 0 aliphatic carbocycles. The van der Waals surface area contributed by atoms with Crippen LogP contribution in [0.25, 0.3) is 0 Å². The Labute approximate surface area is 498 Å². The summed E-state index contributed by atoms with van der Waals surface area (Å²) in [6.45, 7) is 23.5. The predicted octanol–water partition coefficient (Wildman–Crippen LogP) is 17.8. The second kappa shape index (κ2) is 25.7. The van der Waals surface area contributed by atoms with Crippen molar-refractivity contribution in [2.24, 2.45) is 5.41 Å². The molecule has 0 radical (unpaired) electrons. The van der Waals surface area contributed by atoms with Gasteiger partial charge in [0.05, 0.1) is 47.6 Å². The lowest BCUT2D eigenvalue weighted by Gasteiger charge is -2.40. The third kappa shape index (κ3) is 14.6. The van der Waals surface area contributed by atoms with Gasteiger partial charge in [0.1, 0.15) is 5.75 Å². The molecule has 0 atom stereocenters. The van der Waals surface area contributed by atoms with Crippen LogP contribution < -0.4 is 25.5 Å². The number of halogens is 4. The number of hydrogen-bond acceptors (Lipinski definition) is 8. The zero-order chi connectivity index (χ0) is 55.9. The number of benzene rings is 7. The van der Waals surface area contributed by atoms with Gasteiger partial charge in [-0.2, -0.15) is 0 Å². The van der Waals surface area contributed by atoms with Crippen LogP contribution in [0, 0.1) is 5.41 Å². The van der Waals surface area contributed by atoms with E-state index in [4.69, 9.17) is 28.1 Å². The topological polar surface area (TPSA) is 61.9 Å². The van der Waals surface area contributed by atoms with Gasteiger partial charge in [0.2, 0.25) is 0 Å². The van der Waals surface area contributed by atoms with Crippen molar-refractivity contribution < 1.29 is 28.1 Å². The Morgan fingerprint density at radius 1 is 0.423 bits per heavy atom. The minimum atomic E-state index is -0.389. The molecule has 3 saturated heterocycles. The molecule has 3 aliphatic rings. The van der Waals surface area contributed by atoms with Gasteiger partial charge in [-0.3, -0.25) is 0 Å². The fraction of sp³-hybridized carbons (Fsp3) is 0.344. The molecule has 14 heteroatoms. The third-order valence-electron chi connectivity index (χ3n) is 15.5. The highest BCUT2D eigenvalue weighted by Gasteiger charge is 2.53. The van der Waals surface area contributed by atoms with Crippen molar-refractivity contribution in [1.82, 2.24) is 0 Å².